The van der Waals surface area contributed by atoms with Crippen LogP contribution >= 0.6 is 28.5 Å². The summed E-state index contributed by atoms with van der Waals surface area (Å²) >= 11 is 6.00. The maximum atomic E-state index is 4.83. The van der Waals surface area contributed by atoms with Gasteiger partial charge in [0.1, 0.15) is 0 Å². The zero-order valence-electron chi connectivity index (χ0n) is 4.89. The summed E-state index contributed by atoms with van der Waals surface area (Å²) in [6.45, 7) is 5.67. The van der Waals surface area contributed by atoms with Crippen LogP contribution in [0.5, 0.6) is 0 Å². The topological polar surface area (TPSA) is 9.23 Å². The molecule has 0 saturated carbocycles. The van der Waals surface area contributed by atoms with Crippen LogP contribution in [0.25, 0.3) is 0 Å². The zero-order valence-corrected chi connectivity index (χ0v) is 9.05. The molecule has 0 rings (SSSR count). The Morgan fingerprint density at radius 1 is 1.25 bits per heavy atom. The molecule has 0 saturated heterocycles. The van der Waals surface area contributed by atoms with Crippen molar-refractivity contribution < 1.29 is 15.6 Å². The van der Waals surface area contributed by atoms with E-state index in [9.17, 15) is 0 Å². The van der Waals surface area contributed by atoms with Gasteiger partial charge in [0.25, 0.3) is 0 Å². The first-order valence-corrected chi connectivity index (χ1v) is 7.11. The van der Waals surface area contributed by atoms with Gasteiger partial charge in [-0.3, -0.25) is 0 Å². The van der Waals surface area contributed by atoms with Gasteiger partial charge in [-0.25, -0.2) is 0 Å². The summed E-state index contributed by atoms with van der Waals surface area (Å²) in [5.74, 6) is 0. The van der Waals surface area contributed by atoms with E-state index in [1.165, 1.54) is 10.9 Å². The van der Waals surface area contributed by atoms with Crippen LogP contribution in [0.4, 0.5) is 0 Å². The quantitative estimate of drug-likeness (QED) is 0.711. The molecule has 0 aliphatic heterocycles. The Morgan fingerprint density at radius 3 is 1.50 bits per heavy atom. The van der Waals surface area contributed by atoms with E-state index in [4.69, 9.17) is 4.74 Å². The summed E-state index contributed by atoms with van der Waals surface area (Å²) in [6, 6.07) is 0. The van der Waals surface area contributed by atoms with Crippen molar-refractivity contribution in [3.05, 3.63) is 0 Å². The first-order valence-electron chi connectivity index (χ1n) is 2.23. The fraction of sp³-hybridized carbons (Fsp3) is 1.00. The molecule has 56 valence electrons. The molecule has 0 radical (unpaired) electrons. The van der Waals surface area contributed by atoms with Gasteiger partial charge in [-0.05, 0) is 13.8 Å². The summed E-state index contributed by atoms with van der Waals surface area (Å²) in [5, 5.41) is 0. The van der Waals surface area contributed by atoms with Gasteiger partial charge in [0.2, 0.25) is 0 Å². The van der Waals surface area contributed by atoms with E-state index in [-0.39, 0.29) is 0 Å². The van der Waals surface area contributed by atoms with Gasteiger partial charge in [-0.1, -0.05) is 0 Å². The van der Waals surface area contributed by atoms with Crippen LogP contribution in [0.2, 0.25) is 0 Å². The van der Waals surface area contributed by atoms with Crippen LogP contribution in [-0.4, -0.2) is 13.2 Å². The van der Waals surface area contributed by atoms with E-state index in [1.54, 1.807) is 0 Å². The van der Waals surface area contributed by atoms with Crippen molar-refractivity contribution in [2.24, 2.45) is 0 Å². The molecule has 0 aliphatic rings. The second kappa shape index (κ2) is 15.8. The van der Waals surface area contributed by atoms with E-state index < -0.39 is 0 Å². The van der Waals surface area contributed by atoms with Gasteiger partial charge in [0, 0.05) is 13.2 Å². The van der Waals surface area contributed by atoms with Gasteiger partial charge >= 0.3 is 39.3 Å². The van der Waals surface area contributed by atoms with Crippen molar-refractivity contribution in [3.63, 3.8) is 0 Å². The second-order valence-corrected chi connectivity index (χ2v) is 5.81. The summed E-state index contributed by atoms with van der Waals surface area (Å²) in [4.78, 5) is 0. The Labute approximate surface area is 70.9 Å². The second-order valence-electron chi connectivity index (χ2n) is 0.827. The van der Waals surface area contributed by atoms with Crippen LogP contribution in [0.15, 0.2) is 0 Å². The van der Waals surface area contributed by atoms with Crippen molar-refractivity contribution in [2.45, 2.75) is 13.8 Å². The number of halogens is 2. The molecule has 0 fully saturated rings. The van der Waals surface area contributed by atoms with E-state index >= 15 is 0 Å². The van der Waals surface area contributed by atoms with Gasteiger partial charge < -0.3 is 4.74 Å². The monoisotopic (exact) mass is 290 g/mol. The maximum absolute atomic E-state index is 4.83. The predicted octanol–water partition coefficient (Wildman–Crippen LogP) is 2.73. The summed E-state index contributed by atoms with van der Waals surface area (Å²) in [7, 11) is 1.25. The number of hydrogen-bond donors (Lipinski definition) is 0. The Morgan fingerprint density at radius 2 is 1.50 bits per heavy atom. The van der Waals surface area contributed by atoms with Crippen LogP contribution < -0.4 is 0 Å². The molecule has 8 heavy (non-hydrogen) atoms. The Balaban J connectivity index is 0. The molecule has 0 amide bonds. The van der Waals surface area contributed by atoms with Crippen molar-refractivity contribution in [2.75, 3.05) is 13.2 Å². The van der Waals surface area contributed by atoms with Gasteiger partial charge in [-0.15, -0.1) is 0 Å². The van der Waals surface area contributed by atoms with Gasteiger partial charge in [0.05, 0.1) is 0 Å². The Kier molecular flexibility index (Phi) is 23.9. The fourth-order valence-corrected chi connectivity index (χ4v) is 0.204. The molecule has 0 aromatic heterocycles. The molecular weight excluding hydrogens is 283 g/mol. The molecule has 0 N–H and O–H groups in total. The van der Waals surface area contributed by atoms with Gasteiger partial charge in [-0.2, -0.15) is 0 Å². The van der Waals surface area contributed by atoms with Crippen LogP contribution in [0.1, 0.15) is 13.8 Å². The Hall–Kier alpha value is 1.41. The third-order valence-electron chi connectivity index (χ3n) is 0.408. The Bertz CT molecular complexity index is 28.0. The number of hydrogen-bond acceptors (Lipinski definition) is 1. The SMILES string of the molecule is CCOCC.[Br][Ni][Br]. The fourth-order valence-electron chi connectivity index (χ4n) is 0.204. The number of rotatable bonds is 2. The van der Waals surface area contributed by atoms with Crippen molar-refractivity contribution in [1.29, 1.82) is 0 Å². The van der Waals surface area contributed by atoms with Crippen LogP contribution in [0, 0.1) is 0 Å². The van der Waals surface area contributed by atoms with Crippen molar-refractivity contribution in [1.82, 2.24) is 0 Å². The molecule has 0 heterocycles. The first-order chi connectivity index (χ1) is 3.83. The molecule has 4 heteroatoms. The molecule has 0 aromatic rings. The molecule has 0 bridgehead atoms. The molecule has 0 atom stereocenters. The van der Waals surface area contributed by atoms with Gasteiger partial charge in [0.15, 0.2) is 0 Å². The molecule has 0 unspecified atom stereocenters. The summed E-state index contributed by atoms with van der Waals surface area (Å²) in [6.07, 6.45) is 0. The average Bonchev–Trinajstić information content (AvgIpc) is 1.71. The van der Waals surface area contributed by atoms with Crippen LogP contribution in [0.3, 0.4) is 0 Å². The average molecular weight is 293 g/mol. The molecule has 1 nitrogen and oxygen atoms in total. The number of ether oxygens (including phenoxy) is 1. The van der Waals surface area contributed by atoms with Crippen molar-refractivity contribution >= 4 is 28.5 Å². The third-order valence-corrected chi connectivity index (χ3v) is 0.408. The normalized spacial score (nSPS) is 8.00. The van der Waals surface area contributed by atoms with E-state index in [1.807, 2.05) is 13.8 Å². The third kappa shape index (κ3) is 26.2. The predicted molar refractivity (Wildman–Crippen MR) is 40.0 cm³/mol. The van der Waals surface area contributed by atoms with E-state index in [2.05, 4.69) is 28.5 Å². The zero-order chi connectivity index (χ0) is 6.83. The molecule has 0 spiro atoms. The summed E-state index contributed by atoms with van der Waals surface area (Å²) in [5.41, 5.74) is 0. The minimum atomic E-state index is 0.844. The van der Waals surface area contributed by atoms with E-state index in [0.29, 0.717) is 0 Å². The molecule has 0 aromatic carbocycles. The standard InChI is InChI=1S/C4H10O.2BrH.Ni/c1-3-5-4-2;;;/h3-4H2,1-2H3;2*1H;/q;;;+2/p-2. The first kappa shape index (κ1) is 12.1. The van der Waals surface area contributed by atoms with Crippen LogP contribution in [-0.2, 0) is 15.6 Å². The molecule has 0 aliphatic carbocycles. The summed E-state index contributed by atoms with van der Waals surface area (Å²) < 4.78 is 4.83. The van der Waals surface area contributed by atoms with E-state index in [0.717, 1.165) is 13.2 Å². The molecular formula is C4H10Br2NiO. The minimum absolute atomic E-state index is 0.844. The van der Waals surface area contributed by atoms with Crippen molar-refractivity contribution in [3.8, 4) is 0 Å².